The van der Waals surface area contributed by atoms with Crippen LogP contribution in [0.2, 0.25) is 0 Å². The number of benzene rings is 1. The maximum Gasteiger partial charge on any atom is 0.231 e. The highest BCUT2D eigenvalue weighted by Crippen LogP contribution is 2.25. The Labute approximate surface area is 110 Å². The molecule has 1 amide bonds. The van der Waals surface area contributed by atoms with Crippen molar-refractivity contribution in [2.24, 2.45) is 5.73 Å². The molecule has 0 aliphatic carbocycles. The van der Waals surface area contributed by atoms with Crippen LogP contribution in [-0.2, 0) is 4.79 Å². The number of hydrogen-bond donors (Lipinski definition) is 3. The molecule has 1 aromatic rings. The number of carbonyl (C=O) groups is 1. The number of piperidine rings is 1. The fourth-order valence-corrected chi connectivity index (χ4v) is 2.37. The minimum atomic E-state index is -0.583. The molecule has 104 valence electrons. The molecule has 0 spiro atoms. The van der Waals surface area contributed by atoms with Crippen molar-refractivity contribution in [1.82, 2.24) is 10.6 Å². The van der Waals surface area contributed by atoms with E-state index < -0.39 is 17.5 Å². The Hall–Kier alpha value is -1.53. The maximum atomic E-state index is 13.7. The van der Waals surface area contributed by atoms with Gasteiger partial charge in [-0.2, -0.15) is 0 Å². The van der Waals surface area contributed by atoms with Crippen LogP contribution in [0.5, 0.6) is 0 Å². The van der Waals surface area contributed by atoms with Crippen LogP contribution in [0.25, 0.3) is 0 Å². The van der Waals surface area contributed by atoms with Crippen molar-refractivity contribution in [2.45, 2.75) is 24.9 Å². The van der Waals surface area contributed by atoms with Crippen LogP contribution < -0.4 is 16.4 Å². The Morgan fingerprint density at radius 2 is 2.26 bits per heavy atom. The predicted molar refractivity (Wildman–Crippen MR) is 67.3 cm³/mol. The van der Waals surface area contributed by atoms with Gasteiger partial charge in [0, 0.05) is 23.7 Å². The van der Waals surface area contributed by atoms with Crippen molar-refractivity contribution < 1.29 is 13.6 Å². The Balaban J connectivity index is 2.02. The van der Waals surface area contributed by atoms with Crippen LogP contribution in [0.4, 0.5) is 8.78 Å². The SMILES string of the molecule is NC(=O)CNC1CCNC(c2ccc(F)cc2F)C1. The Kier molecular flexibility index (Phi) is 4.44. The van der Waals surface area contributed by atoms with E-state index in [0.717, 1.165) is 12.5 Å². The molecular formula is C13H17F2N3O. The Bertz CT molecular complexity index is 467. The second kappa shape index (κ2) is 6.08. The third kappa shape index (κ3) is 3.71. The number of primary amides is 1. The molecule has 1 aliphatic heterocycles. The summed E-state index contributed by atoms with van der Waals surface area (Å²) in [5, 5.41) is 6.24. The summed E-state index contributed by atoms with van der Waals surface area (Å²) in [5.41, 5.74) is 5.53. The van der Waals surface area contributed by atoms with E-state index in [0.29, 0.717) is 18.5 Å². The first-order valence-electron chi connectivity index (χ1n) is 6.26. The van der Waals surface area contributed by atoms with Gasteiger partial charge in [-0.05, 0) is 25.5 Å². The van der Waals surface area contributed by atoms with Crippen LogP contribution in [0.1, 0.15) is 24.4 Å². The van der Waals surface area contributed by atoms with Crippen molar-refractivity contribution in [3.05, 3.63) is 35.4 Å². The lowest BCUT2D eigenvalue weighted by Gasteiger charge is -2.31. The third-order valence-corrected chi connectivity index (χ3v) is 3.31. The number of amides is 1. The van der Waals surface area contributed by atoms with E-state index >= 15 is 0 Å². The minimum Gasteiger partial charge on any atom is -0.369 e. The molecule has 0 saturated carbocycles. The summed E-state index contributed by atoms with van der Waals surface area (Å²) >= 11 is 0. The van der Waals surface area contributed by atoms with Crippen molar-refractivity contribution in [3.63, 3.8) is 0 Å². The Morgan fingerprint density at radius 1 is 1.47 bits per heavy atom. The van der Waals surface area contributed by atoms with Gasteiger partial charge in [-0.25, -0.2) is 8.78 Å². The van der Waals surface area contributed by atoms with Crippen LogP contribution in [0.3, 0.4) is 0 Å². The lowest BCUT2D eigenvalue weighted by atomic mass is 9.93. The zero-order valence-electron chi connectivity index (χ0n) is 10.5. The van der Waals surface area contributed by atoms with E-state index in [4.69, 9.17) is 5.73 Å². The van der Waals surface area contributed by atoms with Gasteiger partial charge in [-0.1, -0.05) is 6.07 Å². The number of halogens is 2. The van der Waals surface area contributed by atoms with Crippen molar-refractivity contribution in [3.8, 4) is 0 Å². The van der Waals surface area contributed by atoms with E-state index in [2.05, 4.69) is 10.6 Å². The highest BCUT2D eigenvalue weighted by atomic mass is 19.1. The van der Waals surface area contributed by atoms with Gasteiger partial charge in [0.2, 0.25) is 5.91 Å². The third-order valence-electron chi connectivity index (χ3n) is 3.31. The molecule has 1 fully saturated rings. The number of nitrogens with one attached hydrogen (secondary N) is 2. The second-order valence-electron chi connectivity index (χ2n) is 4.74. The normalized spacial score (nSPS) is 23.3. The maximum absolute atomic E-state index is 13.7. The molecular weight excluding hydrogens is 252 g/mol. The summed E-state index contributed by atoms with van der Waals surface area (Å²) in [6.07, 6.45) is 1.47. The van der Waals surface area contributed by atoms with Gasteiger partial charge in [0.1, 0.15) is 11.6 Å². The van der Waals surface area contributed by atoms with Gasteiger partial charge in [0.05, 0.1) is 6.54 Å². The van der Waals surface area contributed by atoms with E-state index in [9.17, 15) is 13.6 Å². The standard InChI is InChI=1S/C13H17F2N3O/c14-8-1-2-10(11(15)5-8)12-6-9(3-4-17-12)18-7-13(16)19/h1-2,5,9,12,17-18H,3-4,6-7H2,(H2,16,19). The van der Waals surface area contributed by atoms with Gasteiger partial charge >= 0.3 is 0 Å². The summed E-state index contributed by atoms with van der Waals surface area (Å²) in [6, 6.07) is 3.51. The molecule has 2 atom stereocenters. The van der Waals surface area contributed by atoms with Crippen LogP contribution in [0, 0.1) is 11.6 Å². The van der Waals surface area contributed by atoms with E-state index in [1.807, 2.05) is 0 Å². The average molecular weight is 269 g/mol. The first kappa shape index (κ1) is 13.9. The summed E-state index contributed by atoms with van der Waals surface area (Å²) in [7, 11) is 0. The van der Waals surface area contributed by atoms with Crippen molar-refractivity contribution in [1.29, 1.82) is 0 Å². The highest BCUT2D eigenvalue weighted by Gasteiger charge is 2.24. The molecule has 1 aliphatic rings. The molecule has 0 aromatic heterocycles. The zero-order chi connectivity index (χ0) is 13.8. The number of nitrogens with two attached hydrogens (primary N) is 1. The van der Waals surface area contributed by atoms with Crippen LogP contribution in [-0.4, -0.2) is 25.0 Å². The van der Waals surface area contributed by atoms with Crippen molar-refractivity contribution >= 4 is 5.91 Å². The van der Waals surface area contributed by atoms with Crippen LogP contribution in [0.15, 0.2) is 18.2 Å². The van der Waals surface area contributed by atoms with Gasteiger partial charge in [0.15, 0.2) is 0 Å². The van der Waals surface area contributed by atoms with Gasteiger partial charge in [0.25, 0.3) is 0 Å². The molecule has 19 heavy (non-hydrogen) atoms. The second-order valence-corrected chi connectivity index (χ2v) is 4.74. The first-order chi connectivity index (χ1) is 9.06. The molecule has 1 aromatic carbocycles. The highest BCUT2D eigenvalue weighted by molar-refractivity contribution is 5.75. The van der Waals surface area contributed by atoms with Gasteiger partial charge in [-0.3, -0.25) is 4.79 Å². The summed E-state index contributed by atoms with van der Waals surface area (Å²) in [6.45, 7) is 0.821. The summed E-state index contributed by atoms with van der Waals surface area (Å²) < 4.78 is 26.6. The molecule has 2 unspecified atom stereocenters. The van der Waals surface area contributed by atoms with E-state index in [-0.39, 0.29) is 18.6 Å². The monoisotopic (exact) mass is 269 g/mol. The number of carbonyl (C=O) groups excluding carboxylic acids is 1. The lowest BCUT2D eigenvalue weighted by molar-refractivity contribution is -0.117. The molecule has 4 nitrogen and oxygen atoms in total. The molecule has 4 N–H and O–H groups in total. The predicted octanol–water partition coefficient (Wildman–Crippen LogP) is 0.833. The first-order valence-corrected chi connectivity index (χ1v) is 6.26. The van der Waals surface area contributed by atoms with E-state index in [1.54, 1.807) is 0 Å². The van der Waals surface area contributed by atoms with Gasteiger partial charge < -0.3 is 16.4 Å². The largest absolute Gasteiger partial charge is 0.369 e. The summed E-state index contributed by atoms with van der Waals surface area (Å²) in [4.78, 5) is 10.7. The number of hydrogen-bond acceptors (Lipinski definition) is 3. The molecule has 0 bridgehead atoms. The van der Waals surface area contributed by atoms with Crippen molar-refractivity contribution in [2.75, 3.05) is 13.1 Å². The lowest BCUT2D eigenvalue weighted by Crippen LogP contribution is -2.44. The zero-order valence-corrected chi connectivity index (χ0v) is 10.5. The quantitative estimate of drug-likeness (QED) is 0.758. The van der Waals surface area contributed by atoms with Gasteiger partial charge in [-0.15, -0.1) is 0 Å². The molecule has 1 saturated heterocycles. The Morgan fingerprint density at radius 3 is 2.95 bits per heavy atom. The van der Waals surface area contributed by atoms with Crippen LogP contribution >= 0.6 is 0 Å². The minimum absolute atomic E-state index is 0.100. The van der Waals surface area contributed by atoms with E-state index in [1.165, 1.54) is 12.1 Å². The molecule has 1 heterocycles. The fraction of sp³-hybridized carbons (Fsp3) is 0.462. The molecule has 2 rings (SSSR count). The topological polar surface area (TPSA) is 67.2 Å². The average Bonchev–Trinajstić information content (AvgIpc) is 2.36. The number of rotatable bonds is 4. The summed E-state index contributed by atoms with van der Waals surface area (Å²) in [5.74, 6) is -1.54. The molecule has 0 radical (unpaired) electrons. The smallest absolute Gasteiger partial charge is 0.231 e. The molecule has 6 heteroatoms. The fourth-order valence-electron chi connectivity index (χ4n) is 2.37.